The van der Waals surface area contributed by atoms with Gasteiger partial charge in [-0.2, -0.15) is 0 Å². The summed E-state index contributed by atoms with van der Waals surface area (Å²) in [6.07, 6.45) is 4.36. The van der Waals surface area contributed by atoms with Crippen LogP contribution in [0.5, 0.6) is 0 Å². The molecule has 0 saturated heterocycles. The van der Waals surface area contributed by atoms with Gasteiger partial charge in [-0.3, -0.25) is 25.0 Å². The fraction of sp³-hybridized carbons (Fsp3) is 0.250. The first-order valence-corrected chi connectivity index (χ1v) is 10.6. The fourth-order valence-electron chi connectivity index (χ4n) is 3.95. The highest BCUT2D eigenvalue weighted by Crippen LogP contribution is 2.19. The summed E-state index contributed by atoms with van der Waals surface area (Å²) in [4.78, 5) is 31.6. The monoisotopic (exact) mass is 431 g/mol. The molecule has 32 heavy (non-hydrogen) atoms. The van der Waals surface area contributed by atoms with Crippen LogP contribution in [-0.2, 0) is 12.8 Å². The summed E-state index contributed by atoms with van der Waals surface area (Å²) < 4.78 is 1.43. The van der Waals surface area contributed by atoms with Crippen LogP contribution in [0, 0.1) is 10.1 Å². The summed E-state index contributed by atoms with van der Waals surface area (Å²) in [6.45, 7) is 4.48. The number of hydrogen-bond acceptors (Lipinski definition) is 4. The van der Waals surface area contributed by atoms with Gasteiger partial charge in [-0.05, 0) is 43.5 Å². The van der Waals surface area contributed by atoms with Gasteiger partial charge in [-0.1, -0.05) is 31.5 Å². The van der Waals surface area contributed by atoms with Gasteiger partial charge in [0.15, 0.2) is 0 Å². The number of hydrogen-bond donors (Lipinski definition) is 2. The summed E-state index contributed by atoms with van der Waals surface area (Å²) >= 11 is 0. The number of aromatic amines is 2. The molecule has 2 aromatic heterocycles. The Hall–Kier alpha value is -3.94. The van der Waals surface area contributed by atoms with Crippen LogP contribution in [0.25, 0.3) is 16.6 Å². The molecule has 0 amide bonds. The van der Waals surface area contributed by atoms with E-state index in [0.717, 1.165) is 24.1 Å². The molecule has 0 spiro atoms. The lowest BCUT2D eigenvalue weighted by atomic mass is 10.1. The van der Waals surface area contributed by atoms with E-state index < -0.39 is 4.92 Å². The first-order chi connectivity index (χ1) is 15.5. The maximum atomic E-state index is 13.2. The summed E-state index contributed by atoms with van der Waals surface area (Å²) in [6, 6.07) is 14.1. The first kappa shape index (κ1) is 21.3. The van der Waals surface area contributed by atoms with Crippen molar-refractivity contribution in [1.29, 1.82) is 0 Å². The molecule has 0 saturated carbocycles. The molecule has 2 heterocycles. The molecular formula is C24H25N5O3. The molecule has 4 rings (SSSR count). The standard InChI is InChI=1S/C24H25N5O3/c1-3-6-22-23(24(30)28(27-22)18-9-11-19(12-10-18)29(31)32)16(2)25-14-13-17-15-26-21-8-5-4-7-20(17)21/h4-5,7-12,15,26-27H,3,6,13-14H2,1-2H3. The van der Waals surface area contributed by atoms with Crippen molar-refractivity contribution in [2.24, 2.45) is 4.99 Å². The van der Waals surface area contributed by atoms with Crippen LogP contribution < -0.4 is 5.56 Å². The van der Waals surface area contributed by atoms with Crippen LogP contribution in [0.2, 0.25) is 0 Å². The fourth-order valence-corrected chi connectivity index (χ4v) is 3.95. The molecule has 0 atom stereocenters. The Morgan fingerprint density at radius 1 is 1.12 bits per heavy atom. The quantitative estimate of drug-likeness (QED) is 0.242. The van der Waals surface area contributed by atoms with Gasteiger partial charge in [-0.15, -0.1) is 0 Å². The van der Waals surface area contributed by atoms with Crippen molar-refractivity contribution >= 4 is 22.3 Å². The zero-order valence-corrected chi connectivity index (χ0v) is 18.1. The third-order valence-electron chi connectivity index (χ3n) is 5.55. The number of para-hydroxylation sites is 1. The predicted octanol–water partition coefficient (Wildman–Crippen LogP) is 4.56. The Morgan fingerprint density at radius 2 is 1.88 bits per heavy atom. The molecule has 0 bridgehead atoms. The van der Waals surface area contributed by atoms with E-state index in [1.165, 1.54) is 27.8 Å². The molecule has 8 nitrogen and oxygen atoms in total. The largest absolute Gasteiger partial charge is 0.361 e. The average Bonchev–Trinajstić information content (AvgIpc) is 3.35. The second-order valence-corrected chi connectivity index (χ2v) is 7.71. The number of rotatable bonds is 8. The zero-order valence-electron chi connectivity index (χ0n) is 18.1. The third-order valence-corrected chi connectivity index (χ3v) is 5.55. The van der Waals surface area contributed by atoms with E-state index in [0.29, 0.717) is 29.9 Å². The SMILES string of the molecule is CCCc1[nH]n(-c2ccc([N+](=O)[O-])cc2)c(=O)c1C(C)=NCCc1c[nH]c2ccccc12. The van der Waals surface area contributed by atoms with E-state index in [2.05, 4.69) is 23.1 Å². The zero-order chi connectivity index (χ0) is 22.7. The number of nitrogens with zero attached hydrogens (tertiary/aromatic N) is 3. The van der Waals surface area contributed by atoms with Crippen molar-refractivity contribution in [3.8, 4) is 5.69 Å². The van der Waals surface area contributed by atoms with E-state index >= 15 is 0 Å². The maximum absolute atomic E-state index is 13.2. The molecule has 0 aliphatic carbocycles. The number of fused-ring (bicyclic) bond motifs is 1. The molecule has 0 aliphatic heterocycles. The predicted molar refractivity (Wildman–Crippen MR) is 126 cm³/mol. The van der Waals surface area contributed by atoms with Gasteiger partial charge in [0.25, 0.3) is 11.2 Å². The number of nitro groups is 1. The lowest BCUT2D eigenvalue weighted by Gasteiger charge is -2.01. The number of nitrogens with one attached hydrogen (secondary N) is 2. The van der Waals surface area contributed by atoms with Crippen LogP contribution in [0.3, 0.4) is 0 Å². The molecular weight excluding hydrogens is 406 g/mol. The van der Waals surface area contributed by atoms with Crippen LogP contribution >= 0.6 is 0 Å². The Kier molecular flexibility index (Phi) is 6.02. The van der Waals surface area contributed by atoms with Gasteiger partial charge in [0.1, 0.15) is 0 Å². The van der Waals surface area contributed by atoms with Crippen molar-refractivity contribution in [2.75, 3.05) is 6.54 Å². The summed E-state index contributed by atoms with van der Waals surface area (Å²) in [7, 11) is 0. The number of aliphatic imine (C=N–C) groups is 1. The minimum atomic E-state index is -0.459. The van der Waals surface area contributed by atoms with Gasteiger partial charge in [0, 0.05) is 47.2 Å². The number of non-ortho nitro benzene ring substituents is 1. The third kappa shape index (κ3) is 4.12. The highest BCUT2D eigenvalue weighted by molar-refractivity contribution is 5.99. The number of benzene rings is 2. The van der Waals surface area contributed by atoms with Gasteiger partial charge in [0.2, 0.25) is 0 Å². The van der Waals surface area contributed by atoms with Crippen LogP contribution in [0.15, 0.2) is 64.5 Å². The average molecular weight is 431 g/mol. The Balaban J connectivity index is 1.61. The second kappa shape index (κ2) is 9.05. The Labute approximate surface area is 184 Å². The minimum absolute atomic E-state index is 0.0163. The van der Waals surface area contributed by atoms with Gasteiger partial charge in [-0.25, -0.2) is 4.68 Å². The molecule has 164 valence electrons. The van der Waals surface area contributed by atoms with E-state index in [-0.39, 0.29) is 11.2 Å². The van der Waals surface area contributed by atoms with E-state index in [4.69, 9.17) is 4.99 Å². The van der Waals surface area contributed by atoms with Crippen molar-refractivity contribution in [1.82, 2.24) is 14.8 Å². The summed E-state index contributed by atoms with van der Waals surface area (Å²) in [5, 5.41) is 15.3. The van der Waals surface area contributed by atoms with E-state index in [1.807, 2.05) is 31.3 Å². The summed E-state index contributed by atoms with van der Waals surface area (Å²) in [5.41, 5.74) is 4.72. The number of nitro benzene ring substituents is 1. The van der Waals surface area contributed by atoms with Gasteiger partial charge in [0.05, 0.1) is 16.2 Å². The number of H-pyrrole nitrogens is 2. The highest BCUT2D eigenvalue weighted by Gasteiger charge is 2.18. The van der Waals surface area contributed by atoms with Crippen LogP contribution in [0.4, 0.5) is 5.69 Å². The first-order valence-electron chi connectivity index (χ1n) is 10.6. The van der Waals surface area contributed by atoms with Gasteiger partial charge >= 0.3 is 0 Å². The molecule has 0 aliphatic rings. The van der Waals surface area contributed by atoms with Crippen molar-refractivity contribution in [3.63, 3.8) is 0 Å². The molecule has 4 aromatic rings. The maximum Gasteiger partial charge on any atom is 0.280 e. The second-order valence-electron chi connectivity index (χ2n) is 7.71. The van der Waals surface area contributed by atoms with Crippen LogP contribution in [0.1, 0.15) is 37.1 Å². The molecule has 0 radical (unpaired) electrons. The molecule has 2 N–H and O–H groups in total. The molecule has 8 heteroatoms. The van der Waals surface area contributed by atoms with E-state index in [9.17, 15) is 14.9 Å². The highest BCUT2D eigenvalue weighted by atomic mass is 16.6. The van der Waals surface area contributed by atoms with E-state index in [1.54, 1.807) is 12.1 Å². The number of aryl methyl sites for hydroxylation is 1. The van der Waals surface area contributed by atoms with Crippen molar-refractivity contribution in [3.05, 3.63) is 92.0 Å². The lowest BCUT2D eigenvalue weighted by molar-refractivity contribution is -0.384. The van der Waals surface area contributed by atoms with Crippen molar-refractivity contribution < 1.29 is 4.92 Å². The number of aromatic nitrogens is 3. The topological polar surface area (TPSA) is 109 Å². The Bertz CT molecular complexity index is 1340. The lowest BCUT2D eigenvalue weighted by Crippen LogP contribution is -2.20. The van der Waals surface area contributed by atoms with Crippen LogP contribution in [-0.4, -0.2) is 31.9 Å². The smallest absolute Gasteiger partial charge is 0.280 e. The Morgan fingerprint density at radius 3 is 2.59 bits per heavy atom. The summed E-state index contributed by atoms with van der Waals surface area (Å²) in [5.74, 6) is 0. The van der Waals surface area contributed by atoms with Crippen molar-refractivity contribution in [2.45, 2.75) is 33.1 Å². The molecule has 0 fully saturated rings. The van der Waals surface area contributed by atoms with Gasteiger partial charge < -0.3 is 4.98 Å². The molecule has 0 unspecified atom stereocenters. The molecule has 2 aromatic carbocycles. The normalized spacial score (nSPS) is 11.9. The minimum Gasteiger partial charge on any atom is -0.361 e.